The number of benzene rings is 2. The summed E-state index contributed by atoms with van der Waals surface area (Å²) < 4.78 is 10.9. The van der Waals surface area contributed by atoms with Crippen molar-refractivity contribution in [3.05, 3.63) is 35.9 Å². The van der Waals surface area contributed by atoms with Crippen molar-refractivity contribution in [3.63, 3.8) is 0 Å². The van der Waals surface area contributed by atoms with Crippen LogP contribution in [-0.2, 0) is 0 Å². The van der Waals surface area contributed by atoms with E-state index < -0.39 is 0 Å². The van der Waals surface area contributed by atoms with Crippen LogP contribution < -0.4 is 9.47 Å². The number of hydrogen-bond donors (Lipinski definition) is 0. The van der Waals surface area contributed by atoms with Gasteiger partial charge in [-0.05, 0) is 48.9 Å². The highest BCUT2D eigenvalue weighted by Gasteiger charge is 2.06. The Balaban J connectivity index is 2.53. The number of ether oxygens (including phenoxy) is 2. The summed E-state index contributed by atoms with van der Waals surface area (Å²) in [7, 11) is 0. The Morgan fingerprint density at radius 2 is 1.78 bits per heavy atom. The Kier molecular flexibility index (Phi) is 3.82. The highest BCUT2D eigenvalue weighted by molar-refractivity contribution is 5.92. The zero-order chi connectivity index (χ0) is 13.0. The minimum absolute atomic E-state index is 0.539. The van der Waals surface area contributed by atoms with Gasteiger partial charge in [-0.15, -0.1) is 0 Å². The van der Waals surface area contributed by atoms with Crippen LogP contribution in [0.1, 0.15) is 24.2 Å². The van der Waals surface area contributed by atoms with Crippen LogP contribution in [0.2, 0.25) is 0 Å². The first-order valence-electron chi connectivity index (χ1n) is 6.07. The lowest BCUT2D eigenvalue weighted by molar-refractivity contribution is 0.112. The van der Waals surface area contributed by atoms with Crippen molar-refractivity contribution in [1.82, 2.24) is 0 Å². The molecule has 2 aromatic rings. The number of carbonyl (C=O) groups excluding carboxylic acids is 1. The summed E-state index contributed by atoms with van der Waals surface area (Å²) in [6, 6.07) is 9.52. The van der Waals surface area contributed by atoms with Crippen LogP contribution in [0.15, 0.2) is 30.3 Å². The molecule has 0 heterocycles. The van der Waals surface area contributed by atoms with Crippen LogP contribution in [0.25, 0.3) is 10.8 Å². The van der Waals surface area contributed by atoms with Crippen molar-refractivity contribution in [2.45, 2.75) is 13.8 Å². The summed E-state index contributed by atoms with van der Waals surface area (Å²) in [5.41, 5.74) is 0.577. The summed E-state index contributed by atoms with van der Waals surface area (Å²) in [5.74, 6) is 1.44. The molecule has 0 aliphatic heterocycles. The molecule has 0 unspecified atom stereocenters. The summed E-state index contributed by atoms with van der Waals surface area (Å²) in [6.07, 6.45) is 0.820. The lowest BCUT2D eigenvalue weighted by Crippen LogP contribution is -1.96. The van der Waals surface area contributed by atoms with E-state index in [1.54, 1.807) is 0 Å². The second kappa shape index (κ2) is 5.54. The summed E-state index contributed by atoms with van der Waals surface area (Å²) in [4.78, 5) is 11.0. The number of aldehydes is 1. The maximum atomic E-state index is 11.0. The van der Waals surface area contributed by atoms with E-state index in [1.807, 2.05) is 44.2 Å². The van der Waals surface area contributed by atoms with Crippen LogP contribution >= 0.6 is 0 Å². The van der Waals surface area contributed by atoms with E-state index in [1.165, 1.54) is 0 Å². The summed E-state index contributed by atoms with van der Waals surface area (Å²) in [6.45, 7) is 5.02. The minimum atomic E-state index is 0.539. The average Bonchev–Trinajstić information content (AvgIpc) is 2.38. The first-order valence-corrected chi connectivity index (χ1v) is 6.07. The Hall–Kier alpha value is -2.03. The third-order valence-corrected chi connectivity index (χ3v) is 2.68. The van der Waals surface area contributed by atoms with E-state index in [4.69, 9.17) is 9.47 Å². The molecule has 0 saturated heterocycles. The molecule has 2 rings (SSSR count). The second-order valence-electron chi connectivity index (χ2n) is 3.88. The van der Waals surface area contributed by atoms with Crippen molar-refractivity contribution in [1.29, 1.82) is 0 Å². The maximum absolute atomic E-state index is 11.0. The minimum Gasteiger partial charge on any atom is -0.494 e. The van der Waals surface area contributed by atoms with Crippen LogP contribution in [0.4, 0.5) is 0 Å². The van der Waals surface area contributed by atoms with E-state index in [2.05, 4.69) is 0 Å². The number of fused-ring (bicyclic) bond motifs is 1. The molecule has 0 spiro atoms. The van der Waals surface area contributed by atoms with Gasteiger partial charge in [-0.1, -0.05) is 6.07 Å². The highest BCUT2D eigenvalue weighted by atomic mass is 16.5. The van der Waals surface area contributed by atoms with E-state index in [0.717, 1.165) is 22.8 Å². The molecule has 0 N–H and O–H groups in total. The molecule has 0 radical (unpaired) electrons. The first-order chi connectivity index (χ1) is 8.78. The fourth-order valence-electron chi connectivity index (χ4n) is 1.90. The third-order valence-electron chi connectivity index (χ3n) is 2.68. The summed E-state index contributed by atoms with van der Waals surface area (Å²) in [5, 5.41) is 2.01. The van der Waals surface area contributed by atoms with Gasteiger partial charge in [-0.3, -0.25) is 4.79 Å². The molecule has 0 fully saturated rings. The molecule has 0 bridgehead atoms. The predicted octanol–water partition coefficient (Wildman–Crippen LogP) is 3.45. The van der Waals surface area contributed by atoms with Crippen LogP contribution in [-0.4, -0.2) is 19.5 Å². The van der Waals surface area contributed by atoms with Gasteiger partial charge in [0.15, 0.2) is 6.29 Å². The Morgan fingerprint density at radius 3 is 2.44 bits per heavy atom. The molecule has 0 aliphatic carbocycles. The van der Waals surface area contributed by atoms with E-state index in [0.29, 0.717) is 24.5 Å². The Morgan fingerprint density at radius 1 is 1.00 bits per heavy atom. The van der Waals surface area contributed by atoms with Crippen molar-refractivity contribution in [3.8, 4) is 11.5 Å². The topological polar surface area (TPSA) is 35.5 Å². The Bertz CT molecular complexity index is 561. The molecule has 0 amide bonds. The number of rotatable bonds is 5. The number of carbonyl (C=O) groups is 1. The molecule has 0 saturated carbocycles. The Labute approximate surface area is 106 Å². The molecule has 18 heavy (non-hydrogen) atoms. The zero-order valence-corrected chi connectivity index (χ0v) is 10.6. The smallest absolute Gasteiger partial charge is 0.153 e. The third kappa shape index (κ3) is 2.45. The highest BCUT2D eigenvalue weighted by Crippen LogP contribution is 2.28. The molecule has 0 aliphatic rings. The fraction of sp³-hybridized carbons (Fsp3) is 0.267. The summed E-state index contributed by atoms with van der Waals surface area (Å²) >= 11 is 0. The molecule has 0 atom stereocenters. The van der Waals surface area contributed by atoms with E-state index in [-0.39, 0.29) is 0 Å². The first kappa shape index (κ1) is 12.4. The predicted molar refractivity (Wildman–Crippen MR) is 71.7 cm³/mol. The van der Waals surface area contributed by atoms with Gasteiger partial charge in [-0.25, -0.2) is 0 Å². The SMILES string of the molecule is CCOc1ccc2cc(C=O)c(OCC)cc2c1. The molecular weight excluding hydrogens is 228 g/mol. The molecule has 2 aromatic carbocycles. The van der Waals surface area contributed by atoms with Crippen molar-refractivity contribution in [2.24, 2.45) is 0 Å². The number of hydrogen-bond acceptors (Lipinski definition) is 3. The average molecular weight is 244 g/mol. The van der Waals surface area contributed by atoms with Gasteiger partial charge in [0.2, 0.25) is 0 Å². The van der Waals surface area contributed by atoms with Gasteiger partial charge >= 0.3 is 0 Å². The van der Waals surface area contributed by atoms with Gasteiger partial charge in [0, 0.05) is 0 Å². The van der Waals surface area contributed by atoms with E-state index >= 15 is 0 Å². The monoisotopic (exact) mass is 244 g/mol. The lowest BCUT2D eigenvalue weighted by atomic mass is 10.1. The van der Waals surface area contributed by atoms with Crippen molar-refractivity contribution < 1.29 is 14.3 Å². The molecule has 94 valence electrons. The quantitative estimate of drug-likeness (QED) is 0.756. The fourth-order valence-corrected chi connectivity index (χ4v) is 1.90. The van der Waals surface area contributed by atoms with Gasteiger partial charge < -0.3 is 9.47 Å². The van der Waals surface area contributed by atoms with Crippen LogP contribution in [0, 0.1) is 0 Å². The molecule has 3 nitrogen and oxygen atoms in total. The zero-order valence-electron chi connectivity index (χ0n) is 10.6. The van der Waals surface area contributed by atoms with Crippen LogP contribution in [0.3, 0.4) is 0 Å². The van der Waals surface area contributed by atoms with Crippen LogP contribution in [0.5, 0.6) is 11.5 Å². The normalized spacial score (nSPS) is 10.3. The second-order valence-corrected chi connectivity index (χ2v) is 3.88. The van der Waals surface area contributed by atoms with Gasteiger partial charge in [-0.2, -0.15) is 0 Å². The maximum Gasteiger partial charge on any atom is 0.153 e. The standard InChI is InChI=1S/C15H16O3/c1-3-17-14-6-5-11-7-13(10-16)15(18-4-2)9-12(11)8-14/h5-10H,3-4H2,1-2H3. The van der Waals surface area contributed by atoms with Gasteiger partial charge in [0.1, 0.15) is 11.5 Å². The van der Waals surface area contributed by atoms with Gasteiger partial charge in [0.25, 0.3) is 0 Å². The molecule has 3 heteroatoms. The van der Waals surface area contributed by atoms with Gasteiger partial charge in [0.05, 0.1) is 18.8 Å². The molecular formula is C15H16O3. The lowest BCUT2D eigenvalue weighted by Gasteiger charge is -2.09. The van der Waals surface area contributed by atoms with Crippen molar-refractivity contribution in [2.75, 3.05) is 13.2 Å². The van der Waals surface area contributed by atoms with E-state index in [9.17, 15) is 4.79 Å². The molecule has 0 aromatic heterocycles. The largest absolute Gasteiger partial charge is 0.494 e. The van der Waals surface area contributed by atoms with Crippen molar-refractivity contribution >= 4 is 17.1 Å².